The van der Waals surface area contributed by atoms with Gasteiger partial charge < -0.3 is 24.2 Å². The number of nitrogens with zero attached hydrogens (tertiary/aromatic N) is 1. The van der Waals surface area contributed by atoms with Crippen LogP contribution in [0.4, 0.5) is 0 Å². The van der Waals surface area contributed by atoms with E-state index in [0.717, 1.165) is 0 Å². The number of morpholine rings is 1. The van der Waals surface area contributed by atoms with E-state index in [9.17, 15) is 9.59 Å². The molecule has 0 aliphatic carbocycles. The summed E-state index contributed by atoms with van der Waals surface area (Å²) < 4.78 is 15.2. The molecule has 0 aromatic rings. The van der Waals surface area contributed by atoms with Gasteiger partial charge in [0, 0.05) is 6.54 Å². The Labute approximate surface area is 97.5 Å². The molecule has 0 aromatic heterocycles. The highest BCUT2D eigenvalue weighted by Crippen LogP contribution is 2.14. The lowest BCUT2D eigenvalue weighted by molar-refractivity contribution is -0.158. The fraction of sp³-hybridized carbons (Fsp3) is 0.600. The molecule has 0 saturated carbocycles. The third kappa shape index (κ3) is 2.50. The van der Waals surface area contributed by atoms with Gasteiger partial charge in [0.1, 0.15) is 19.5 Å². The van der Waals surface area contributed by atoms with Crippen molar-refractivity contribution >= 4 is 11.9 Å². The molecule has 2 aliphatic rings. The second-order valence-corrected chi connectivity index (χ2v) is 3.63. The van der Waals surface area contributed by atoms with Gasteiger partial charge in [0.2, 0.25) is 5.76 Å². The monoisotopic (exact) mass is 243 g/mol. The molecule has 1 atom stereocenters. The minimum atomic E-state index is -1.09. The van der Waals surface area contributed by atoms with Gasteiger partial charge in [-0.15, -0.1) is 0 Å². The van der Waals surface area contributed by atoms with Crippen LogP contribution in [0.15, 0.2) is 12.0 Å². The SMILES string of the molecule is O=C(O)C1COCCN1C(=O)C1=COCCO1. The van der Waals surface area contributed by atoms with E-state index >= 15 is 0 Å². The molecule has 2 heterocycles. The summed E-state index contributed by atoms with van der Waals surface area (Å²) in [6.45, 7) is 1.23. The number of amides is 1. The van der Waals surface area contributed by atoms with Crippen molar-refractivity contribution in [3.63, 3.8) is 0 Å². The third-order valence-electron chi connectivity index (χ3n) is 2.53. The number of ether oxygens (including phenoxy) is 3. The van der Waals surface area contributed by atoms with Gasteiger partial charge in [-0.05, 0) is 0 Å². The lowest BCUT2D eigenvalue weighted by Gasteiger charge is -2.33. The minimum Gasteiger partial charge on any atom is -0.494 e. The van der Waals surface area contributed by atoms with Gasteiger partial charge in [-0.25, -0.2) is 4.79 Å². The summed E-state index contributed by atoms with van der Waals surface area (Å²) >= 11 is 0. The number of carbonyl (C=O) groups excluding carboxylic acids is 1. The average molecular weight is 243 g/mol. The summed E-state index contributed by atoms with van der Waals surface area (Å²) in [6, 6.07) is -0.970. The Balaban J connectivity index is 2.10. The molecule has 0 spiro atoms. The van der Waals surface area contributed by atoms with Crippen LogP contribution < -0.4 is 0 Å². The maximum absolute atomic E-state index is 12.0. The van der Waals surface area contributed by atoms with Crippen LogP contribution in [0, 0.1) is 0 Å². The molecule has 7 nitrogen and oxygen atoms in total. The average Bonchev–Trinajstić information content (AvgIpc) is 2.39. The number of rotatable bonds is 2. The van der Waals surface area contributed by atoms with Gasteiger partial charge in [0.05, 0.1) is 13.2 Å². The Bertz CT molecular complexity index is 353. The van der Waals surface area contributed by atoms with Crippen molar-refractivity contribution in [2.75, 3.05) is 33.0 Å². The summed E-state index contributed by atoms with van der Waals surface area (Å²) in [5.74, 6) is -1.51. The zero-order valence-corrected chi connectivity index (χ0v) is 9.13. The molecule has 94 valence electrons. The van der Waals surface area contributed by atoms with E-state index in [2.05, 4.69) is 0 Å². The first-order chi connectivity index (χ1) is 8.20. The predicted octanol–water partition coefficient (Wildman–Crippen LogP) is -0.813. The Morgan fingerprint density at radius 1 is 1.35 bits per heavy atom. The molecule has 1 fully saturated rings. The molecule has 17 heavy (non-hydrogen) atoms. The fourth-order valence-electron chi connectivity index (χ4n) is 1.67. The van der Waals surface area contributed by atoms with Gasteiger partial charge in [-0.1, -0.05) is 0 Å². The summed E-state index contributed by atoms with van der Waals surface area (Å²) in [5.41, 5.74) is 0. The van der Waals surface area contributed by atoms with Crippen molar-refractivity contribution in [1.29, 1.82) is 0 Å². The minimum absolute atomic E-state index is 0.00475. The van der Waals surface area contributed by atoms with Crippen LogP contribution in [-0.2, 0) is 23.8 Å². The smallest absolute Gasteiger partial charge is 0.328 e. The topological polar surface area (TPSA) is 85.3 Å². The summed E-state index contributed by atoms with van der Waals surface area (Å²) in [5, 5.41) is 8.99. The maximum atomic E-state index is 12.0. The highest BCUT2D eigenvalue weighted by atomic mass is 16.6. The Kier molecular flexibility index (Phi) is 3.48. The first kappa shape index (κ1) is 11.7. The van der Waals surface area contributed by atoms with Crippen LogP contribution >= 0.6 is 0 Å². The second-order valence-electron chi connectivity index (χ2n) is 3.63. The summed E-state index contributed by atoms with van der Waals surface area (Å²) in [6.07, 6.45) is 1.22. The third-order valence-corrected chi connectivity index (χ3v) is 2.53. The van der Waals surface area contributed by atoms with Gasteiger partial charge in [0.25, 0.3) is 5.91 Å². The lowest BCUT2D eigenvalue weighted by Crippen LogP contribution is -2.53. The second kappa shape index (κ2) is 5.05. The molecule has 1 N–H and O–H groups in total. The van der Waals surface area contributed by atoms with Crippen LogP contribution in [0.2, 0.25) is 0 Å². The number of carbonyl (C=O) groups is 2. The van der Waals surface area contributed by atoms with E-state index in [0.29, 0.717) is 19.8 Å². The van der Waals surface area contributed by atoms with Crippen LogP contribution in [0.3, 0.4) is 0 Å². The molecule has 7 heteroatoms. The molecule has 2 rings (SSSR count). The van der Waals surface area contributed by atoms with E-state index in [1.807, 2.05) is 0 Å². The molecule has 0 radical (unpaired) electrons. The number of carboxylic acid groups (broad SMARTS) is 1. The molecular weight excluding hydrogens is 230 g/mol. The quantitative estimate of drug-likeness (QED) is 0.682. The molecule has 1 saturated heterocycles. The number of hydrogen-bond donors (Lipinski definition) is 1. The zero-order chi connectivity index (χ0) is 12.3. The summed E-state index contributed by atoms with van der Waals surface area (Å²) in [4.78, 5) is 24.2. The van der Waals surface area contributed by atoms with Crippen LogP contribution in [0.25, 0.3) is 0 Å². The van der Waals surface area contributed by atoms with E-state index in [1.165, 1.54) is 11.2 Å². The summed E-state index contributed by atoms with van der Waals surface area (Å²) in [7, 11) is 0. The highest BCUT2D eigenvalue weighted by molar-refractivity contribution is 5.94. The normalized spacial score (nSPS) is 24.4. The van der Waals surface area contributed by atoms with Crippen molar-refractivity contribution in [1.82, 2.24) is 4.90 Å². The van der Waals surface area contributed by atoms with Crippen molar-refractivity contribution in [3.8, 4) is 0 Å². The van der Waals surface area contributed by atoms with Gasteiger partial charge >= 0.3 is 5.97 Å². The molecule has 2 aliphatic heterocycles. The molecule has 1 unspecified atom stereocenters. The fourth-order valence-corrected chi connectivity index (χ4v) is 1.67. The van der Waals surface area contributed by atoms with Gasteiger partial charge in [-0.3, -0.25) is 4.79 Å². The van der Waals surface area contributed by atoms with E-state index < -0.39 is 17.9 Å². The lowest BCUT2D eigenvalue weighted by atomic mass is 10.2. The Morgan fingerprint density at radius 3 is 2.82 bits per heavy atom. The van der Waals surface area contributed by atoms with Crippen molar-refractivity contribution in [3.05, 3.63) is 12.0 Å². The zero-order valence-electron chi connectivity index (χ0n) is 9.13. The molecule has 1 amide bonds. The number of carboxylic acids is 1. The van der Waals surface area contributed by atoms with Crippen LogP contribution in [0.5, 0.6) is 0 Å². The van der Waals surface area contributed by atoms with E-state index in [4.69, 9.17) is 19.3 Å². The number of hydrogen-bond acceptors (Lipinski definition) is 5. The molecule has 0 bridgehead atoms. The van der Waals surface area contributed by atoms with Crippen LogP contribution in [0.1, 0.15) is 0 Å². The predicted molar refractivity (Wildman–Crippen MR) is 53.9 cm³/mol. The van der Waals surface area contributed by atoms with Gasteiger partial charge in [0.15, 0.2) is 6.04 Å². The van der Waals surface area contributed by atoms with Gasteiger partial charge in [-0.2, -0.15) is 0 Å². The van der Waals surface area contributed by atoms with Crippen molar-refractivity contribution < 1.29 is 28.9 Å². The van der Waals surface area contributed by atoms with E-state index in [1.54, 1.807) is 0 Å². The first-order valence-electron chi connectivity index (χ1n) is 5.26. The van der Waals surface area contributed by atoms with Crippen molar-refractivity contribution in [2.45, 2.75) is 6.04 Å². The largest absolute Gasteiger partial charge is 0.494 e. The highest BCUT2D eigenvalue weighted by Gasteiger charge is 2.35. The molecule has 0 aromatic carbocycles. The first-order valence-corrected chi connectivity index (χ1v) is 5.26. The standard InChI is InChI=1S/C10H13NO6/c12-9(8-6-16-3-4-17-8)11-1-2-15-5-7(11)10(13)14/h6-7H,1-5H2,(H,13,14). The Hall–Kier alpha value is -1.76. The Morgan fingerprint density at radius 2 is 2.18 bits per heavy atom. The van der Waals surface area contributed by atoms with E-state index in [-0.39, 0.29) is 18.9 Å². The molecular formula is C10H13NO6. The van der Waals surface area contributed by atoms with Crippen molar-refractivity contribution in [2.24, 2.45) is 0 Å². The number of aliphatic carboxylic acids is 1. The maximum Gasteiger partial charge on any atom is 0.328 e. The van der Waals surface area contributed by atoms with Crippen LogP contribution in [-0.4, -0.2) is 60.9 Å².